The SMILES string of the molecule is C[C@@H](C/C=C/c1ccc(Br)cc1F)C(=O)NF.[Ar]. The van der Waals surface area contributed by atoms with Crippen LogP contribution in [0.15, 0.2) is 28.7 Å². The fraction of sp³-hybridized carbons (Fsp3) is 0.250. The van der Waals surface area contributed by atoms with E-state index in [1.165, 1.54) is 6.07 Å². The van der Waals surface area contributed by atoms with Crippen LogP contribution >= 0.6 is 15.9 Å². The van der Waals surface area contributed by atoms with Crippen molar-refractivity contribution < 1.29 is 51.4 Å². The van der Waals surface area contributed by atoms with Crippen molar-refractivity contribution in [3.05, 3.63) is 40.1 Å². The van der Waals surface area contributed by atoms with Gasteiger partial charge in [-0.25, -0.2) is 4.39 Å². The number of nitrogens with one attached hydrogen (secondary N) is 1. The second-order valence-corrected chi connectivity index (χ2v) is 4.58. The molecule has 100 valence electrons. The van der Waals surface area contributed by atoms with Gasteiger partial charge in [0.1, 0.15) is 5.82 Å². The number of carbonyl (C=O) groups is 1. The van der Waals surface area contributed by atoms with E-state index in [-0.39, 0.29) is 43.6 Å². The van der Waals surface area contributed by atoms with Crippen molar-refractivity contribution in [2.24, 2.45) is 5.92 Å². The fourth-order valence-electron chi connectivity index (χ4n) is 1.24. The first-order valence-corrected chi connectivity index (χ1v) is 5.86. The molecule has 0 aromatic heterocycles. The Balaban J connectivity index is 0.00000289. The molecular weight excluding hydrogens is 332 g/mol. The van der Waals surface area contributed by atoms with Gasteiger partial charge in [0.15, 0.2) is 0 Å². The average Bonchev–Trinajstić information content (AvgIpc) is 2.30. The van der Waals surface area contributed by atoms with Gasteiger partial charge in [0.2, 0.25) is 0 Å². The third-order valence-electron chi connectivity index (χ3n) is 2.29. The van der Waals surface area contributed by atoms with E-state index in [0.29, 0.717) is 16.5 Å². The topological polar surface area (TPSA) is 29.1 Å². The zero-order valence-electron chi connectivity index (χ0n) is 9.57. The maximum absolute atomic E-state index is 13.4. The van der Waals surface area contributed by atoms with Crippen molar-refractivity contribution >= 4 is 27.9 Å². The van der Waals surface area contributed by atoms with Gasteiger partial charge in [0, 0.05) is 53.7 Å². The molecule has 0 saturated heterocycles. The van der Waals surface area contributed by atoms with Gasteiger partial charge in [-0.3, -0.25) is 4.79 Å². The van der Waals surface area contributed by atoms with E-state index >= 15 is 0 Å². The first kappa shape index (κ1) is 18.0. The smallest absolute Gasteiger partial charge is 0.250 e. The van der Waals surface area contributed by atoms with Crippen LogP contribution in [0.5, 0.6) is 0 Å². The molecule has 1 rings (SSSR count). The van der Waals surface area contributed by atoms with E-state index in [0.717, 1.165) is 5.54 Å². The van der Waals surface area contributed by atoms with Crippen LogP contribution in [0.25, 0.3) is 6.08 Å². The van der Waals surface area contributed by atoms with Crippen LogP contribution in [0.2, 0.25) is 0 Å². The minimum Gasteiger partial charge on any atom is -0.272 e. The molecule has 1 amide bonds. The number of allylic oxidation sites excluding steroid dienone is 1. The number of benzene rings is 1. The molecule has 2 nitrogen and oxygen atoms in total. The molecule has 0 saturated carbocycles. The Morgan fingerprint density at radius 1 is 1.56 bits per heavy atom. The molecule has 1 aromatic rings. The summed E-state index contributed by atoms with van der Waals surface area (Å²) in [6.07, 6.45) is 3.57. The number of carbonyl (C=O) groups excluding carboxylic acids is 1. The second kappa shape index (κ2) is 9.02. The van der Waals surface area contributed by atoms with Gasteiger partial charge in [0.05, 0.1) is 0 Å². The van der Waals surface area contributed by atoms with Crippen LogP contribution in [0, 0.1) is 49.5 Å². The van der Waals surface area contributed by atoms with Crippen LogP contribution in [-0.2, 0) is 4.79 Å². The molecule has 1 aromatic carbocycles. The minimum absolute atomic E-state index is 0. The van der Waals surface area contributed by atoms with Gasteiger partial charge in [-0.2, -0.15) is 5.54 Å². The summed E-state index contributed by atoms with van der Waals surface area (Å²) in [6, 6.07) is 4.70. The standard InChI is InChI=1S/C12H12BrF2NO.Ar/c1-8(12(17)16-15)3-2-4-9-5-6-10(13)7-11(9)14;/h2,4-8H,3H2,1H3,(H,16,17);/b4-2+;/t8-;/m0./s1. The summed E-state index contributed by atoms with van der Waals surface area (Å²) in [5.41, 5.74) is 1.51. The Morgan fingerprint density at radius 2 is 2.22 bits per heavy atom. The summed E-state index contributed by atoms with van der Waals surface area (Å²) >= 11 is 3.16. The minimum atomic E-state index is -0.675. The van der Waals surface area contributed by atoms with Crippen molar-refractivity contribution in [1.82, 2.24) is 5.54 Å². The summed E-state index contributed by atoms with van der Waals surface area (Å²) in [5.74, 6) is -1.50. The van der Waals surface area contributed by atoms with E-state index in [1.54, 1.807) is 31.2 Å². The van der Waals surface area contributed by atoms with Crippen molar-refractivity contribution in [3.8, 4) is 0 Å². The molecule has 0 heterocycles. The molecule has 0 radical (unpaired) electrons. The van der Waals surface area contributed by atoms with E-state index < -0.39 is 11.8 Å². The normalized spacial score (nSPS) is 12.0. The van der Waals surface area contributed by atoms with Gasteiger partial charge < -0.3 is 0 Å². The number of hydrogen-bond acceptors (Lipinski definition) is 1. The maximum Gasteiger partial charge on any atom is 0.250 e. The third kappa shape index (κ3) is 5.78. The van der Waals surface area contributed by atoms with Gasteiger partial charge in [-0.15, -0.1) is 4.48 Å². The zero-order valence-corrected chi connectivity index (χ0v) is 11.9. The molecule has 0 bridgehead atoms. The summed E-state index contributed by atoms with van der Waals surface area (Å²) in [4.78, 5) is 10.9. The molecule has 0 aliphatic carbocycles. The monoisotopic (exact) mass is 343 g/mol. The van der Waals surface area contributed by atoms with E-state index in [1.807, 2.05) is 0 Å². The molecular formula is C12H12ArBrF2NO. The number of rotatable bonds is 4. The third-order valence-corrected chi connectivity index (χ3v) is 2.78. The maximum atomic E-state index is 13.4. The van der Waals surface area contributed by atoms with Crippen molar-refractivity contribution in [2.45, 2.75) is 13.3 Å². The molecule has 0 unspecified atom stereocenters. The van der Waals surface area contributed by atoms with Crippen LogP contribution in [-0.4, -0.2) is 5.91 Å². The predicted molar refractivity (Wildman–Crippen MR) is 66.2 cm³/mol. The number of hydrogen-bond donors (Lipinski definition) is 1. The fourth-order valence-corrected chi connectivity index (χ4v) is 1.57. The van der Waals surface area contributed by atoms with E-state index in [9.17, 15) is 13.7 Å². The Bertz CT molecular complexity index is 440. The summed E-state index contributed by atoms with van der Waals surface area (Å²) < 4.78 is 25.9. The molecule has 6 heteroatoms. The van der Waals surface area contributed by atoms with Gasteiger partial charge in [0.25, 0.3) is 5.91 Å². The van der Waals surface area contributed by atoms with Crippen molar-refractivity contribution in [3.63, 3.8) is 0 Å². The first-order valence-electron chi connectivity index (χ1n) is 5.06. The number of amides is 1. The summed E-state index contributed by atoms with van der Waals surface area (Å²) in [7, 11) is 0. The van der Waals surface area contributed by atoms with Gasteiger partial charge in [-0.1, -0.05) is 41.1 Å². The first-order chi connectivity index (χ1) is 8.04. The van der Waals surface area contributed by atoms with Crippen LogP contribution < -0.4 is 5.54 Å². The molecule has 1 N–H and O–H groups in total. The van der Waals surface area contributed by atoms with Crippen LogP contribution in [0.4, 0.5) is 8.87 Å². The predicted octanol–water partition coefficient (Wildman–Crippen LogP) is 3.63. The molecule has 0 aliphatic rings. The largest absolute Gasteiger partial charge is 0.272 e. The molecule has 18 heavy (non-hydrogen) atoms. The summed E-state index contributed by atoms with van der Waals surface area (Å²) in [6.45, 7) is 1.59. The van der Waals surface area contributed by atoms with E-state index in [4.69, 9.17) is 0 Å². The Morgan fingerprint density at radius 3 is 2.78 bits per heavy atom. The molecule has 0 aliphatic heterocycles. The van der Waals surface area contributed by atoms with Crippen molar-refractivity contribution in [1.29, 1.82) is 0 Å². The quantitative estimate of drug-likeness (QED) is 0.831. The summed E-state index contributed by atoms with van der Waals surface area (Å²) in [5, 5.41) is 0. The van der Waals surface area contributed by atoms with Crippen LogP contribution in [0.1, 0.15) is 18.9 Å². The zero-order chi connectivity index (χ0) is 12.8. The molecule has 1 atom stereocenters. The van der Waals surface area contributed by atoms with Gasteiger partial charge >= 0.3 is 0 Å². The van der Waals surface area contributed by atoms with Crippen molar-refractivity contribution in [2.75, 3.05) is 0 Å². The number of halogens is 3. The molecule has 0 spiro atoms. The Labute approximate surface area is 143 Å². The Hall–Kier alpha value is 0.0297. The molecule has 0 fully saturated rings. The van der Waals surface area contributed by atoms with E-state index in [2.05, 4.69) is 15.9 Å². The van der Waals surface area contributed by atoms with Crippen LogP contribution in [0.3, 0.4) is 0 Å². The Kier molecular flexibility index (Phi) is 9.03. The average molecular weight is 344 g/mol. The second-order valence-electron chi connectivity index (χ2n) is 3.66. The van der Waals surface area contributed by atoms with Gasteiger partial charge in [-0.05, 0) is 18.6 Å².